The molecule has 5 heteroatoms. The number of hydrogen-bond acceptors (Lipinski definition) is 3. The van der Waals surface area contributed by atoms with Gasteiger partial charge >= 0.3 is 0 Å². The molecule has 1 aromatic rings. The molecule has 90 valence electrons. The van der Waals surface area contributed by atoms with E-state index < -0.39 is 0 Å². The molecule has 0 atom stereocenters. The van der Waals surface area contributed by atoms with Crippen molar-refractivity contribution in [3.8, 4) is 0 Å². The van der Waals surface area contributed by atoms with E-state index in [0.29, 0.717) is 6.42 Å². The van der Waals surface area contributed by atoms with Gasteiger partial charge in [0.05, 0.1) is 6.33 Å². The van der Waals surface area contributed by atoms with Gasteiger partial charge in [0.25, 0.3) is 0 Å². The first-order chi connectivity index (χ1) is 7.83. The van der Waals surface area contributed by atoms with E-state index in [1.807, 2.05) is 24.1 Å². The first-order valence-electron chi connectivity index (χ1n) is 5.70. The summed E-state index contributed by atoms with van der Waals surface area (Å²) < 4.78 is 2.04. The summed E-state index contributed by atoms with van der Waals surface area (Å²) in [6.45, 7) is 2.46. The molecular weight excluding hydrogens is 204 g/mol. The molecule has 0 spiro atoms. The summed E-state index contributed by atoms with van der Waals surface area (Å²) >= 11 is 0. The van der Waals surface area contributed by atoms with Crippen molar-refractivity contribution in [3.63, 3.8) is 0 Å². The largest absolute Gasteiger partial charge is 0.356 e. The maximum absolute atomic E-state index is 11.2. The number of carbonyl (C=O) groups is 1. The van der Waals surface area contributed by atoms with Gasteiger partial charge in [0.2, 0.25) is 5.91 Å². The molecular formula is C11H20N4O. The Morgan fingerprint density at radius 2 is 2.25 bits per heavy atom. The summed E-state index contributed by atoms with van der Waals surface area (Å²) in [5.74, 6) is 0.122. The van der Waals surface area contributed by atoms with Crippen molar-refractivity contribution >= 4 is 5.91 Å². The fourth-order valence-corrected chi connectivity index (χ4v) is 1.39. The number of unbranched alkanes of at least 4 members (excludes halogenated alkanes) is 1. The Labute approximate surface area is 96.3 Å². The molecule has 0 aliphatic heterocycles. The summed E-state index contributed by atoms with van der Waals surface area (Å²) in [6.07, 6.45) is 8.15. The topological polar surface area (TPSA) is 59.0 Å². The lowest BCUT2D eigenvalue weighted by molar-refractivity contribution is -0.120. The SMILES string of the molecule is CNCCC(=O)NCCCCn1ccnc1. The predicted octanol–water partition coefficient (Wildman–Crippen LogP) is 0.389. The highest BCUT2D eigenvalue weighted by atomic mass is 16.1. The molecule has 1 aromatic heterocycles. The Hall–Kier alpha value is -1.36. The fourth-order valence-electron chi connectivity index (χ4n) is 1.39. The quantitative estimate of drug-likeness (QED) is 0.628. The molecule has 1 amide bonds. The van der Waals surface area contributed by atoms with Gasteiger partial charge in [-0.25, -0.2) is 4.98 Å². The minimum atomic E-state index is 0.122. The smallest absolute Gasteiger partial charge is 0.221 e. The first kappa shape index (κ1) is 12.7. The van der Waals surface area contributed by atoms with Crippen LogP contribution in [0.25, 0.3) is 0 Å². The third-order valence-electron chi connectivity index (χ3n) is 2.33. The number of aromatic nitrogens is 2. The number of imidazole rings is 1. The van der Waals surface area contributed by atoms with E-state index in [2.05, 4.69) is 15.6 Å². The number of rotatable bonds is 8. The second-order valence-corrected chi connectivity index (χ2v) is 3.71. The van der Waals surface area contributed by atoms with Crippen molar-refractivity contribution < 1.29 is 4.79 Å². The molecule has 0 radical (unpaired) electrons. The van der Waals surface area contributed by atoms with Crippen LogP contribution in [0.1, 0.15) is 19.3 Å². The van der Waals surface area contributed by atoms with Crippen molar-refractivity contribution in [2.75, 3.05) is 20.1 Å². The minimum absolute atomic E-state index is 0.122. The Balaban J connectivity index is 1.93. The fraction of sp³-hybridized carbons (Fsp3) is 0.636. The van der Waals surface area contributed by atoms with E-state index in [0.717, 1.165) is 32.5 Å². The third kappa shape index (κ3) is 5.50. The molecule has 0 aromatic carbocycles. The lowest BCUT2D eigenvalue weighted by Gasteiger charge is -2.05. The minimum Gasteiger partial charge on any atom is -0.356 e. The van der Waals surface area contributed by atoms with E-state index in [4.69, 9.17) is 0 Å². The van der Waals surface area contributed by atoms with Gasteiger partial charge in [-0.2, -0.15) is 0 Å². The maximum atomic E-state index is 11.2. The van der Waals surface area contributed by atoms with Gasteiger partial charge in [-0.15, -0.1) is 0 Å². The van der Waals surface area contributed by atoms with Crippen molar-refractivity contribution in [1.29, 1.82) is 0 Å². The van der Waals surface area contributed by atoms with Crippen LogP contribution in [0.2, 0.25) is 0 Å². The molecule has 0 saturated carbocycles. The molecule has 0 saturated heterocycles. The van der Waals surface area contributed by atoms with E-state index in [9.17, 15) is 4.79 Å². The van der Waals surface area contributed by atoms with Gasteiger partial charge in [0.15, 0.2) is 0 Å². The van der Waals surface area contributed by atoms with E-state index in [-0.39, 0.29) is 5.91 Å². The Morgan fingerprint density at radius 3 is 2.94 bits per heavy atom. The highest BCUT2D eigenvalue weighted by Crippen LogP contribution is 1.94. The summed E-state index contributed by atoms with van der Waals surface area (Å²) in [4.78, 5) is 15.2. The molecule has 0 unspecified atom stereocenters. The third-order valence-corrected chi connectivity index (χ3v) is 2.33. The van der Waals surface area contributed by atoms with Gasteiger partial charge < -0.3 is 15.2 Å². The van der Waals surface area contributed by atoms with E-state index in [1.165, 1.54) is 0 Å². The number of nitrogens with zero attached hydrogens (tertiary/aromatic N) is 2. The van der Waals surface area contributed by atoms with Crippen LogP contribution in [-0.2, 0) is 11.3 Å². The molecule has 1 heterocycles. The van der Waals surface area contributed by atoms with Crippen LogP contribution in [0.3, 0.4) is 0 Å². The first-order valence-corrected chi connectivity index (χ1v) is 5.70. The van der Waals surface area contributed by atoms with Gasteiger partial charge in [-0.1, -0.05) is 0 Å². The normalized spacial score (nSPS) is 10.3. The van der Waals surface area contributed by atoms with Gasteiger partial charge in [-0.05, 0) is 19.9 Å². The predicted molar refractivity (Wildman–Crippen MR) is 63.0 cm³/mol. The second-order valence-electron chi connectivity index (χ2n) is 3.71. The zero-order valence-electron chi connectivity index (χ0n) is 9.78. The Kier molecular flexibility index (Phi) is 6.25. The molecule has 2 N–H and O–H groups in total. The lowest BCUT2D eigenvalue weighted by atomic mass is 10.3. The van der Waals surface area contributed by atoms with Crippen molar-refractivity contribution in [2.45, 2.75) is 25.8 Å². The van der Waals surface area contributed by atoms with Crippen LogP contribution < -0.4 is 10.6 Å². The van der Waals surface area contributed by atoms with Crippen LogP contribution in [0.4, 0.5) is 0 Å². The molecule has 0 bridgehead atoms. The molecule has 16 heavy (non-hydrogen) atoms. The van der Waals surface area contributed by atoms with Crippen molar-refractivity contribution in [1.82, 2.24) is 20.2 Å². The number of amides is 1. The van der Waals surface area contributed by atoms with Gasteiger partial charge in [-0.3, -0.25) is 4.79 Å². The maximum Gasteiger partial charge on any atom is 0.221 e. The van der Waals surface area contributed by atoms with Crippen LogP contribution in [0, 0.1) is 0 Å². The Bertz CT molecular complexity index is 284. The molecule has 0 aliphatic carbocycles. The monoisotopic (exact) mass is 224 g/mol. The van der Waals surface area contributed by atoms with Crippen LogP contribution in [0.5, 0.6) is 0 Å². The number of carbonyl (C=O) groups excluding carboxylic acids is 1. The highest BCUT2D eigenvalue weighted by molar-refractivity contribution is 5.75. The highest BCUT2D eigenvalue weighted by Gasteiger charge is 1.98. The number of nitrogens with one attached hydrogen (secondary N) is 2. The zero-order chi connectivity index (χ0) is 11.6. The summed E-state index contributed by atoms with van der Waals surface area (Å²) in [6, 6.07) is 0. The lowest BCUT2D eigenvalue weighted by Crippen LogP contribution is -2.27. The standard InChI is InChI=1S/C11H20N4O/c1-12-6-4-11(16)14-5-2-3-8-15-9-7-13-10-15/h7,9-10,12H,2-6,8H2,1H3,(H,14,16). The molecule has 0 aliphatic rings. The molecule has 0 fully saturated rings. The number of hydrogen-bond donors (Lipinski definition) is 2. The zero-order valence-corrected chi connectivity index (χ0v) is 9.78. The molecule has 1 rings (SSSR count). The molecule has 5 nitrogen and oxygen atoms in total. The van der Waals surface area contributed by atoms with Crippen LogP contribution in [0.15, 0.2) is 18.7 Å². The van der Waals surface area contributed by atoms with E-state index in [1.54, 1.807) is 6.20 Å². The number of aryl methyl sites for hydroxylation is 1. The second kappa shape index (κ2) is 7.87. The average molecular weight is 224 g/mol. The Morgan fingerprint density at radius 1 is 1.38 bits per heavy atom. The van der Waals surface area contributed by atoms with Gasteiger partial charge in [0, 0.05) is 38.4 Å². The average Bonchev–Trinajstić information content (AvgIpc) is 2.79. The van der Waals surface area contributed by atoms with Crippen LogP contribution in [-0.4, -0.2) is 35.6 Å². The van der Waals surface area contributed by atoms with Crippen molar-refractivity contribution in [3.05, 3.63) is 18.7 Å². The summed E-state index contributed by atoms with van der Waals surface area (Å²) in [5.41, 5.74) is 0. The van der Waals surface area contributed by atoms with Crippen LogP contribution >= 0.6 is 0 Å². The summed E-state index contributed by atoms with van der Waals surface area (Å²) in [7, 11) is 1.85. The van der Waals surface area contributed by atoms with E-state index >= 15 is 0 Å². The summed E-state index contributed by atoms with van der Waals surface area (Å²) in [5, 5.41) is 5.84. The van der Waals surface area contributed by atoms with Gasteiger partial charge in [0.1, 0.15) is 0 Å². The van der Waals surface area contributed by atoms with Crippen molar-refractivity contribution in [2.24, 2.45) is 0 Å².